The highest BCUT2D eigenvalue weighted by molar-refractivity contribution is 9.10. The van der Waals surface area contributed by atoms with E-state index in [4.69, 9.17) is 23.2 Å². The summed E-state index contributed by atoms with van der Waals surface area (Å²) < 4.78 is 27.5. The van der Waals surface area contributed by atoms with Crippen LogP contribution in [0.3, 0.4) is 0 Å². The zero-order valence-electron chi connectivity index (χ0n) is 10.9. The van der Waals surface area contributed by atoms with Crippen molar-refractivity contribution >= 4 is 66.4 Å². The van der Waals surface area contributed by atoms with Gasteiger partial charge in [-0.05, 0) is 28.8 Å². The summed E-state index contributed by atoms with van der Waals surface area (Å²) in [5, 5.41) is 0. The van der Waals surface area contributed by atoms with E-state index < -0.39 is 10.0 Å². The summed E-state index contributed by atoms with van der Waals surface area (Å²) in [5.74, 6) is 0.133. The average molecular weight is 436 g/mol. The second-order valence-electron chi connectivity index (χ2n) is 4.53. The Morgan fingerprint density at radius 3 is 2.57 bits per heavy atom. The van der Waals surface area contributed by atoms with Crippen molar-refractivity contribution in [3.05, 3.63) is 13.1 Å². The van der Waals surface area contributed by atoms with E-state index in [0.717, 1.165) is 24.3 Å². The maximum atomic E-state index is 12.2. The van der Waals surface area contributed by atoms with Gasteiger partial charge in [0, 0.05) is 26.1 Å². The van der Waals surface area contributed by atoms with Gasteiger partial charge in [-0.25, -0.2) is 13.1 Å². The molecule has 0 unspecified atom stereocenters. The van der Waals surface area contributed by atoms with Gasteiger partial charge in [-0.2, -0.15) is 0 Å². The van der Waals surface area contributed by atoms with Crippen LogP contribution in [0.5, 0.6) is 0 Å². The summed E-state index contributed by atoms with van der Waals surface area (Å²) in [5.41, 5.74) is 0. The molecule has 1 aromatic rings. The van der Waals surface area contributed by atoms with Crippen molar-refractivity contribution in [1.82, 2.24) is 9.62 Å². The SMILES string of the molecule is O=C1CCCN1CCCNS(=O)(=O)c1c(Cl)sc(Cl)c1Br. The number of likely N-dealkylation sites (tertiary alicyclic amines) is 1. The zero-order valence-corrected chi connectivity index (χ0v) is 15.6. The van der Waals surface area contributed by atoms with Gasteiger partial charge in [0.1, 0.15) is 13.6 Å². The van der Waals surface area contributed by atoms with Gasteiger partial charge < -0.3 is 4.90 Å². The molecule has 1 aliphatic rings. The predicted octanol–water partition coefficient (Wildman–Crippen LogP) is 3.11. The van der Waals surface area contributed by atoms with E-state index in [2.05, 4.69) is 20.7 Å². The molecule has 1 fully saturated rings. The van der Waals surface area contributed by atoms with E-state index in [0.29, 0.717) is 23.7 Å². The van der Waals surface area contributed by atoms with Crippen molar-refractivity contribution in [2.75, 3.05) is 19.6 Å². The summed E-state index contributed by atoms with van der Waals surface area (Å²) in [6.07, 6.45) is 2.01. The van der Waals surface area contributed by atoms with Gasteiger partial charge in [-0.3, -0.25) is 4.79 Å². The highest BCUT2D eigenvalue weighted by Gasteiger charge is 2.26. The van der Waals surface area contributed by atoms with Crippen molar-refractivity contribution < 1.29 is 13.2 Å². The predicted molar refractivity (Wildman–Crippen MR) is 87.7 cm³/mol. The number of sulfonamides is 1. The molecule has 1 N–H and O–H groups in total. The first-order chi connectivity index (χ1) is 9.83. The minimum atomic E-state index is -3.72. The lowest BCUT2D eigenvalue weighted by Gasteiger charge is -2.15. The lowest BCUT2D eigenvalue weighted by atomic mass is 10.4. The van der Waals surface area contributed by atoms with Gasteiger partial charge in [0.25, 0.3) is 0 Å². The molecule has 0 radical (unpaired) electrons. The number of nitrogens with zero attached hydrogens (tertiary/aromatic N) is 1. The van der Waals surface area contributed by atoms with Gasteiger partial charge in [-0.1, -0.05) is 23.2 Å². The Bertz CT molecular complexity index is 648. The number of halogens is 3. The lowest BCUT2D eigenvalue weighted by Crippen LogP contribution is -2.30. The molecule has 1 aliphatic heterocycles. The third kappa shape index (κ3) is 4.11. The van der Waals surface area contributed by atoms with Crippen LogP contribution in [0.1, 0.15) is 19.3 Å². The van der Waals surface area contributed by atoms with E-state index in [1.165, 1.54) is 0 Å². The molecule has 0 aliphatic carbocycles. The molecule has 1 amide bonds. The monoisotopic (exact) mass is 434 g/mol. The van der Waals surface area contributed by atoms with Crippen LogP contribution in [0.25, 0.3) is 0 Å². The highest BCUT2D eigenvalue weighted by atomic mass is 79.9. The smallest absolute Gasteiger partial charge is 0.244 e. The van der Waals surface area contributed by atoms with E-state index in [-0.39, 0.29) is 26.2 Å². The molecule has 0 saturated carbocycles. The summed E-state index contributed by atoms with van der Waals surface area (Å²) in [6, 6.07) is 0. The van der Waals surface area contributed by atoms with Crippen molar-refractivity contribution in [3.8, 4) is 0 Å². The fourth-order valence-corrected chi connectivity index (χ4v) is 6.68. The van der Waals surface area contributed by atoms with Gasteiger partial charge in [0.2, 0.25) is 15.9 Å². The average Bonchev–Trinajstić information content (AvgIpc) is 2.90. The Morgan fingerprint density at radius 2 is 2.05 bits per heavy atom. The maximum Gasteiger partial charge on any atom is 0.244 e. The number of carbonyl (C=O) groups is 1. The molecule has 0 spiro atoms. The number of nitrogens with one attached hydrogen (secondary N) is 1. The van der Waals surface area contributed by atoms with Crippen LogP contribution in [-0.2, 0) is 14.8 Å². The quantitative estimate of drug-likeness (QED) is 0.698. The van der Waals surface area contributed by atoms with Crippen LogP contribution in [0.15, 0.2) is 9.37 Å². The second-order valence-corrected chi connectivity index (χ2v) is 9.25. The number of thiophene rings is 1. The minimum absolute atomic E-state index is 0.0311. The first-order valence-corrected chi connectivity index (χ1v) is 10.1. The fraction of sp³-hybridized carbons (Fsp3) is 0.545. The molecule has 10 heteroatoms. The number of carbonyl (C=O) groups excluding carboxylic acids is 1. The Balaban J connectivity index is 1.91. The third-order valence-electron chi connectivity index (χ3n) is 3.07. The minimum Gasteiger partial charge on any atom is -0.343 e. The molecule has 0 aromatic carbocycles. The van der Waals surface area contributed by atoms with Gasteiger partial charge in [0.15, 0.2) is 0 Å². The van der Waals surface area contributed by atoms with E-state index in [1.54, 1.807) is 4.90 Å². The van der Waals surface area contributed by atoms with Crippen LogP contribution in [0.2, 0.25) is 8.67 Å². The summed E-state index contributed by atoms with van der Waals surface area (Å²) in [7, 11) is -3.72. The molecule has 1 aromatic heterocycles. The molecular weight excluding hydrogens is 423 g/mol. The van der Waals surface area contributed by atoms with Crippen LogP contribution in [0.4, 0.5) is 0 Å². The van der Waals surface area contributed by atoms with E-state index in [9.17, 15) is 13.2 Å². The Kier molecular flexibility index (Phi) is 5.95. The Labute approximate surface area is 145 Å². The van der Waals surface area contributed by atoms with E-state index >= 15 is 0 Å². The standard InChI is InChI=1S/C11H13BrCl2N2O3S2/c12-8-9(11(14)20-10(8)13)21(18,19)15-4-2-6-16-5-1-3-7(16)17/h15H,1-6H2. The molecule has 0 atom stereocenters. The van der Waals surface area contributed by atoms with Crippen LogP contribution >= 0.6 is 50.5 Å². The number of hydrogen-bond acceptors (Lipinski definition) is 4. The molecule has 21 heavy (non-hydrogen) atoms. The third-order valence-corrected chi connectivity index (χ3v) is 7.99. The van der Waals surface area contributed by atoms with Crippen LogP contribution < -0.4 is 4.72 Å². The number of amides is 1. The molecule has 5 nitrogen and oxygen atoms in total. The lowest BCUT2D eigenvalue weighted by molar-refractivity contribution is -0.127. The molecule has 2 heterocycles. The van der Waals surface area contributed by atoms with Crippen LogP contribution in [-0.4, -0.2) is 38.9 Å². The van der Waals surface area contributed by atoms with Crippen molar-refractivity contribution in [2.45, 2.75) is 24.2 Å². The maximum absolute atomic E-state index is 12.2. The van der Waals surface area contributed by atoms with Crippen molar-refractivity contribution in [2.24, 2.45) is 0 Å². The molecule has 1 saturated heterocycles. The molecular formula is C11H13BrCl2N2O3S2. The molecule has 118 valence electrons. The van der Waals surface area contributed by atoms with Gasteiger partial charge >= 0.3 is 0 Å². The summed E-state index contributed by atoms with van der Waals surface area (Å²) >= 11 is 15.9. The first kappa shape index (κ1) is 17.5. The first-order valence-electron chi connectivity index (χ1n) is 6.23. The van der Waals surface area contributed by atoms with Gasteiger partial charge in [0.05, 0.1) is 4.47 Å². The van der Waals surface area contributed by atoms with Crippen molar-refractivity contribution in [1.29, 1.82) is 0 Å². The highest BCUT2D eigenvalue weighted by Crippen LogP contribution is 2.42. The summed E-state index contributed by atoms with van der Waals surface area (Å²) in [4.78, 5) is 13.1. The largest absolute Gasteiger partial charge is 0.343 e. The number of rotatable bonds is 6. The van der Waals surface area contributed by atoms with E-state index in [1.807, 2.05) is 0 Å². The van der Waals surface area contributed by atoms with Crippen molar-refractivity contribution in [3.63, 3.8) is 0 Å². The van der Waals surface area contributed by atoms with Crippen LogP contribution in [0, 0.1) is 0 Å². The Morgan fingerprint density at radius 1 is 1.33 bits per heavy atom. The zero-order chi connectivity index (χ0) is 15.6. The number of hydrogen-bond donors (Lipinski definition) is 1. The fourth-order valence-electron chi connectivity index (χ4n) is 2.06. The molecule has 0 bridgehead atoms. The topological polar surface area (TPSA) is 66.5 Å². The van der Waals surface area contributed by atoms with Gasteiger partial charge in [-0.15, -0.1) is 11.3 Å². The molecule has 2 rings (SSSR count). The second kappa shape index (κ2) is 7.14. The Hall–Kier alpha value is 0.140. The normalized spacial score (nSPS) is 16.0. The summed E-state index contributed by atoms with van der Waals surface area (Å²) in [6.45, 7) is 1.55.